The summed E-state index contributed by atoms with van der Waals surface area (Å²) < 4.78 is 0. The van der Waals surface area contributed by atoms with Gasteiger partial charge in [-0.05, 0) is 155 Å². The molecule has 324 valence electrons. The van der Waals surface area contributed by atoms with Gasteiger partial charge in [0.15, 0.2) is 0 Å². The summed E-state index contributed by atoms with van der Waals surface area (Å²) in [5, 5.41) is 0. The molecule has 0 fully saturated rings. The van der Waals surface area contributed by atoms with Crippen LogP contribution < -0.4 is 0 Å². The Morgan fingerprint density at radius 3 is 1.19 bits per heavy atom. The van der Waals surface area contributed by atoms with Gasteiger partial charge >= 0.3 is 0 Å². The van der Waals surface area contributed by atoms with Gasteiger partial charge in [-0.1, -0.05) is 170 Å². The highest BCUT2D eigenvalue weighted by Crippen LogP contribution is 2.37. The van der Waals surface area contributed by atoms with Gasteiger partial charge in [-0.15, -0.1) is 0 Å². The molecule has 0 aliphatic heterocycles. The van der Waals surface area contributed by atoms with Gasteiger partial charge in [0.05, 0.1) is 17.1 Å². The molecular formula is C64H53N3. The highest BCUT2D eigenvalue weighted by Gasteiger charge is 2.15. The Morgan fingerprint density at radius 2 is 0.672 bits per heavy atom. The first-order chi connectivity index (χ1) is 32.9. The van der Waals surface area contributed by atoms with E-state index in [0.717, 1.165) is 65.0 Å². The fraction of sp³-hybridized carbons (Fsp3) is 0.109. The number of pyridine rings is 3. The highest BCUT2D eigenvalue weighted by atomic mass is 14.7. The summed E-state index contributed by atoms with van der Waals surface area (Å²) in [4.78, 5) is 14.9. The lowest BCUT2D eigenvalue weighted by Gasteiger charge is -2.16. The maximum Gasteiger partial charge on any atom is 0.0705 e. The molecule has 67 heavy (non-hydrogen) atoms. The monoisotopic (exact) mass is 863 g/mol. The van der Waals surface area contributed by atoms with E-state index in [1.54, 1.807) is 0 Å². The maximum absolute atomic E-state index is 5.14. The van der Waals surface area contributed by atoms with Crippen LogP contribution >= 0.6 is 0 Å². The predicted octanol–water partition coefficient (Wildman–Crippen LogP) is 16.0. The molecule has 3 heterocycles. The molecule has 3 heteroatoms. The summed E-state index contributed by atoms with van der Waals surface area (Å²) in [6.45, 7) is 6.64. The third kappa shape index (κ3) is 9.83. The normalized spacial score (nSPS) is 11.1. The molecule has 0 radical (unpaired) electrons. The highest BCUT2D eigenvalue weighted by molar-refractivity contribution is 5.86. The molecule has 0 atom stereocenters. The zero-order valence-electron chi connectivity index (χ0n) is 38.5. The van der Waals surface area contributed by atoms with Crippen molar-refractivity contribution in [2.24, 2.45) is 0 Å². The number of benzene rings is 7. The van der Waals surface area contributed by atoms with Crippen LogP contribution in [0.15, 0.2) is 219 Å². The van der Waals surface area contributed by atoms with Gasteiger partial charge in [-0.2, -0.15) is 0 Å². The smallest absolute Gasteiger partial charge is 0.0705 e. The van der Waals surface area contributed by atoms with Gasteiger partial charge in [0, 0.05) is 40.8 Å². The Bertz CT molecular complexity index is 3210. The summed E-state index contributed by atoms with van der Waals surface area (Å²) in [6, 6.07) is 71.7. The quantitative estimate of drug-likeness (QED) is 0.116. The molecule has 3 aromatic heterocycles. The lowest BCUT2D eigenvalue weighted by Crippen LogP contribution is -2.01. The van der Waals surface area contributed by atoms with Crippen molar-refractivity contribution >= 4 is 0 Å². The molecule has 0 bridgehead atoms. The molecule has 7 aromatic carbocycles. The molecule has 0 amide bonds. The number of aromatic nitrogens is 3. The zero-order chi connectivity index (χ0) is 45.5. The lowest BCUT2D eigenvalue weighted by molar-refractivity contribution is 0.913. The third-order valence-corrected chi connectivity index (χ3v) is 13.1. The first-order valence-corrected chi connectivity index (χ1v) is 23.4. The van der Waals surface area contributed by atoms with Crippen molar-refractivity contribution in [2.45, 2.75) is 46.5 Å². The first kappa shape index (κ1) is 42.9. The Morgan fingerprint density at radius 1 is 0.269 bits per heavy atom. The van der Waals surface area contributed by atoms with Crippen molar-refractivity contribution in [1.29, 1.82) is 0 Å². The van der Waals surface area contributed by atoms with Crippen LogP contribution in [-0.2, 0) is 25.7 Å². The maximum atomic E-state index is 5.14. The second kappa shape index (κ2) is 19.6. The van der Waals surface area contributed by atoms with Crippen LogP contribution in [0.4, 0.5) is 0 Å². The van der Waals surface area contributed by atoms with Gasteiger partial charge in [0.1, 0.15) is 0 Å². The number of nitrogens with zero attached hydrogens (tertiary/aromatic N) is 3. The fourth-order valence-corrected chi connectivity index (χ4v) is 9.32. The zero-order valence-corrected chi connectivity index (χ0v) is 38.5. The molecule has 0 aliphatic rings. The van der Waals surface area contributed by atoms with Crippen molar-refractivity contribution in [3.05, 3.63) is 258 Å². The topological polar surface area (TPSA) is 38.7 Å². The van der Waals surface area contributed by atoms with Gasteiger partial charge in [0.2, 0.25) is 0 Å². The summed E-state index contributed by atoms with van der Waals surface area (Å²) in [5.41, 5.74) is 24.8. The minimum Gasteiger partial charge on any atom is -0.256 e. The van der Waals surface area contributed by atoms with Crippen molar-refractivity contribution in [3.63, 3.8) is 0 Å². The van der Waals surface area contributed by atoms with Crippen LogP contribution in [0.5, 0.6) is 0 Å². The molecule has 0 saturated carbocycles. The van der Waals surface area contributed by atoms with E-state index < -0.39 is 0 Å². The molecule has 3 nitrogen and oxygen atoms in total. The molecule has 0 saturated heterocycles. The van der Waals surface area contributed by atoms with E-state index in [9.17, 15) is 0 Å². The van der Waals surface area contributed by atoms with Crippen LogP contribution in [0.3, 0.4) is 0 Å². The molecule has 0 unspecified atom stereocenters. The predicted molar refractivity (Wildman–Crippen MR) is 280 cm³/mol. The molecule has 10 rings (SSSR count). The van der Waals surface area contributed by atoms with Gasteiger partial charge in [-0.25, -0.2) is 0 Å². The van der Waals surface area contributed by atoms with E-state index in [0.29, 0.717) is 0 Å². The van der Waals surface area contributed by atoms with E-state index in [-0.39, 0.29) is 0 Å². The van der Waals surface area contributed by atoms with Crippen molar-refractivity contribution < 1.29 is 0 Å². The van der Waals surface area contributed by atoms with Gasteiger partial charge in [0.25, 0.3) is 0 Å². The van der Waals surface area contributed by atoms with Crippen LogP contribution in [0, 0.1) is 20.8 Å². The first-order valence-electron chi connectivity index (χ1n) is 23.4. The number of hydrogen-bond acceptors (Lipinski definition) is 3. The van der Waals surface area contributed by atoms with E-state index in [4.69, 9.17) is 15.0 Å². The fourth-order valence-electron chi connectivity index (χ4n) is 9.32. The third-order valence-electron chi connectivity index (χ3n) is 13.1. The van der Waals surface area contributed by atoms with Crippen LogP contribution in [0.1, 0.15) is 38.9 Å². The second-order valence-corrected chi connectivity index (χ2v) is 17.7. The number of hydrogen-bond donors (Lipinski definition) is 0. The van der Waals surface area contributed by atoms with Crippen molar-refractivity contribution in [1.82, 2.24) is 15.0 Å². The summed E-state index contributed by atoms with van der Waals surface area (Å²) >= 11 is 0. The van der Waals surface area contributed by atoms with E-state index in [1.807, 2.05) is 12.1 Å². The molecule has 10 aromatic rings. The summed E-state index contributed by atoms with van der Waals surface area (Å²) in [6.07, 6.45) is 9.86. The van der Waals surface area contributed by atoms with Crippen molar-refractivity contribution in [2.75, 3.05) is 0 Å². The Hall–Kier alpha value is -8.01. The Labute approximate surface area is 395 Å². The Kier molecular flexibility index (Phi) is 12.6. The summed E-state index contributed by atoms with van der Waals surface area (Å²) in [5.74, 6) is 0. The van der Waals surface area contributed by atoms with Gasteiger partial charge < -0.3 is 0 Å². The molecule has 0 N–H and O–H groups in total. The van der Waals surface area contributed by atoms with Crippen LogP contribution in [0.25, 0.3) is 78.3 Å². The minimum atomic E-state index is 0.909. The lowest BCUT2D eigenvalue weighted by atomic mass is 9.89. The van der Waals surface area contributed by atoms with E-state index in [1.165, 1.54) is 77.9 Å². The van der Waals surface area contributed by atoms with Gasteiger partial charge in [-0.3, -0.25) is 15.0 Å². The average molecular weight is 864 g/mol. The van der Waals surface area contributed by atoms with E-state index in [2.05, 4.69) is 227 Å². The second-order valence-electron chi connectivity index (χ2n) is 17.7. The van der Waals surface area contributed by atoms with Crippen molar-refractivity contribution in [3.8, 4) is 78.3 Å². The molecule has 0 aliphatic carbocycles. The average Bonchev–Trinajstić information content (AvgIpc) is 3.38. The SMILES string of the molecule is Cc1cc(-c2ccccc2)ncc1CCc1cc(CCc2cnc(-c3ccccc3)cc2C)cc(-c2ccccc2-c2cnc(-c3cccc(-c4cccc(-c5ccccc5)c4)c3)cc2C)c1. The van der Waals surface area contributed by atoms with Crippen LogP contribution in [0.2, 0.25) is 0 Å². The molecular weight excluding hydrogens is 811 g/mol. The number of rotatable bonds is 13. The minimum absolute atomic E-state index is 0.909. The molecule has 0 spiro atoms. The van der Waals surface area contributed by atoms with E-state index >= 15 is 0 Å². The Balaban J connectivity index is 0.953. The van der Waals surface area contributed by atoms with Crippen LogP contribution in [-0.4, -0.2) is 15.0 Å². The largest absolute Gasteiger partial charge is 0.256 e. The summed E-state index contributed by atoms with van der Waals surface area (Å²) in [7, 11) is 0. The number of aryl methyl sites for hydroxylation is 7. The standard InChI is InChI=1S/C64H53N3/c1-44-33-62(50-19-9-5-10-20-50)65-41-56(44)31-29-47-36-48(30-32-57-42-66-63(34-45(57)2)51-21-11-6-12-22-51)38-58(37-47)59-27-13-14-28-60(59)61-43-67-64(35-46(61)3)55-26-16-25-54(40-55)53-24-15-23-52(39-53)49-17-7-4-8-18-49/h4-28,33-43H,29-32H2,1-3H3.